The zero-order chi connectivity index (χ0) is 18.6. The van der Waals surface area contributed by atoms with Crippen LogP contribution in [0.4, 0.5) is 5.69 Å². The van der Waals surface area contributed by atoms with Crippen molar-refractivity contribution in [3.63, 3.8) is 0 Å². The summed E-state index contributed by atoms with van der Waals surface area (Å²) in [5, 5.41) is 7.49. The van der Waals surface area contributed by atoms with E-state index < -0.39 is 0 Å². The standard InChI is InChI=1S/C21H26N2O2S/c1-15-7-6-8-16(13-15)21(11-4-5-12-21)23-20(26)22-18-10-9-17(24-2)14-19(18)25-3/h6-10,13-14H,4-5,11-12H2,1-3H3,(H2,22,23,26). The maximum Gasteiger partial charge on any atom is 0.171 e. The third-order valence-corrected chi connectivity index (χ3v) is 5.24. The van der Waals surface area contributed by atoms with Crippen molar-refractivity contribution < 1.29 is 9.47 Å². The van der Waals surface area contributed by atoms with E-state index >= 15 is 0 Å². The van der Waals surface area contributed by atoms with Crippen LogP contribution < -0.4 is 20.1 Å². The molecule has 1 saturated carbocycles. The van der Waals surface area contributed by atoms with E-state index in [9.17, 15) is 0 Å². The summed E-state index contributed by atoms with van der Waals surface area (Å²) in [6.45, 7) is 2.13. The summed E-state index contributed by atoms with van der Waals surface area (Å²) in [4.78, 5) is 0. The molecule has 1 fully saturated rings. The van der Waals surface area contributed by atoms with Crippen LogP contribution in [0.2, 0.25) is 0 Å². The van der Waals surface area contributed by atoms with E-state index in [1.165, 1.54) is 24.0 Å². The van der Waals surface area contributed by atoms with Gasteiger partial charge in [-0.2, -0.15) is 0 Å². The molecule has 138 valence electrons. The maximum atomic E-state index is 5.64. The predicted molar refractivity (Wildman–Crippen MR) is 110 cm³/mol. The minimum Gasteiger partial charge on any atom is -0.497 e. The van der Waals surface area contributed by atoms with E-state index in [-0.39, 0.29) is 5.54 Å². The Hall–Kier alpha value is -2.27. The minimum atomic E-state index is -0.101. The van der Waals surface area contributed by atoms with Gasteiger partial charge in [-0.15, -0.1) is 0 Å². The van der Waals surface area contributed by atoms with Gasteiger partial charge in [-0.1, -0.05) is 42.7 Å². The molecule has 3 rings (SSSR count). The van der Waals surface area contributed by atoms with Crippen molar-refractivity contribution in [3.8, 4) is 11.5 Å². The van der Waals surface area contributed by atoms with E-state index in [2.05, 4.69) is 41.8 Å². The molecule has 1 aliphatic rings. The largest absolute Gasteiger partial charge is 0.497 e. The normalized spacial score (nSPS) is 15.3. The van der Waals surface area contributed by atoms with E-state index in [4.69, 9.17) is 21.7 Å². The highest BCUT2D eigenvalue weighted by Crippen LogP contribution is 2.39. The molecule has 4 nitrogen and oxygen atoms in total. The number of ether oxygens (including phenoxy) is 2. The summed E-state index contributed by atoms with van der Waals surface area (Å²) < 4.78 is 10.7. The zero-order valence-electron chi connectivity index (χ0n) is 15.6. The first-order valence-electron chi connectivity index (χ1n) is 8.95. The van der Waals surface area contributed by atoms with Gasteiger partial charge in [0.1, 0.15) is 11.5 Å². The Morgan fingerprint density at radius 2 is 1.81 bits per heavy atom. The molecule has 0 bridgehead atoms. The van der Waals surface area contributed by atoms with Crippen LogP contribution in [0.15, 0.2) is 42.5 Å². The minimum absolute atomic E-state index is 0.101. The van der Waals surface area contributed by atoms with E-state index in [1.807, 2.05) is 18.2 Å². The predicted octanol–water partition coefficient (Wildman–Crippen LogP) is 4.77. The van der Waals surface area contributed by atoms with Crippen LogP contribution in [0.1, 0.15) is 36.8 Å². The lowest BCUT2D eigenvalue weighted by molar-refractivity contribution is 0.395. The molecule has 26 heavy (non-hydrogen) atoms. The molecule has 2 aromatic carbocycles. The highest BCUT2D eigenvalue weighted by atomic mass is 32.1. The van der Waals surface area contributed by atoms with Crippen LogP contribution in [-0.2, 0) is 5.54 Å². The number of hydrogen-bond donors (Lipinski definition) is 2. The quantitative estimate of drug-likeness (QED) is 0.742. The number of anilines is 1. The first-order chi connectivity index (χ1) is 12.6. The molecule has 0 heterocycles. The average Bonchev–Trinajstić information content (AvgIpc) is 3.11. The summed E-state index contributed by atoms with van der Waals surface area (Å²) in [5.41, 5.74) is 3.30. The molecule has 1 aliphatic carbocycles. The summed E-state index contributed by atoms with van der Waals surface area (Å²) in [6.07, 6.45) is 4.57. The van der Waals surface area contributed by atoms with Crippen molar-refractivity contribution >= 4 is 23.0 Å². The van der Waals surface area contributed by atoms with Gasteiger partial charge in [-0.05, 0) is 49.7 Å². The van der Waals surface area contributed by atoms with Crippen LogP contribution in [-0.4, -0.2) is 19.3 Å². The molecule has 2 aromatic rings. The van der Waals surface area contributed by atoms with Crippen LogP contribution >= 0.6 is 12.2 Å². The van der Waals surface area contributed by atoms with E-state index in [0.717, 1.165) is 24.3 Å². The van der Waals surface area contributed by atoms with Gasteiger partial charge >= 0.3 is 0 Å². The Balaban J connectivity index is 1.79. The average molecular weight is 371 g/mol. The number of methoxy groups -OCH3 is 2. The third kappa shape index (κ3) is 3.93. The first kappa shape index (κ1) is 18.5. The van der Waals surface area contributed by atoms with Gasteiger partial charge in [0.05, 0.1) is 25.4 Å². The Bertz CT molecular complexity index is 785. The molecular formula is C21H26N2O2S. The lowest BCUT2D eigenvalue weighted by Crippen LogP contribution is -2.45. The second-order valence-electron chi connectivity index (χ2n) is 6.80. The lowest BCUT2D eigenvalue weighted by Gasteiger charge is -2.33. The molecule has 0 aliphatic heterocycles. The van der Waals surface area contributed by atoms with Gasteiger partial charge in [0.15, 0.2) is 5.11 Å². The third-order valence-electron chi connectivity index (χ3n) is 5.04. The van der Waals surface area contributed by atoms with Crippen molar-refractivity contribution in [1.82, 2.24) is 5.32 Å². The molecule has 0 radical (unpaired) electrons. The highest BCUT2D eigenvalue weighted by molar-refractivity contribution is 7.80. The zero-order valence-corrected chi connectivity index (χ0v) is 16.4. The topological polar surface area (TPSA) is 42.5 Å². The molecular weight excluding hydrogens is 344 g/mol. The second-order valence-corrected chi connectivity index (χ2v) is 7.21. The molecule has 0 unspecified atom stereocenters. The van der Waals surface area contributed by atoms with Crippen LogP contribution in [0.25, 0.3) is 0 Å². The van der Waals surface area contributed by atoms with Gasteiger partial charge in [0.25, 0.3) is 0 Å². The molecule has 0 aromatic heterocycles. The molecule has 0 amide bonds. The number of hydrogen-bond acceptors (Lipinski definition) is 3. The highest BCUT2D eigenvalue weighted by Gasteiger charge is 2.36. The molecule has 0 spiro atoms. The van der Waals surface area contributed by atoms with Gasteiger partial charge in [0.2, 0.25) is 0 Å². The number of benzene rings is 2. The van der Waals surface area contributed by atoms with E-state index in [1.54, 1.807) is 14.2 Å². The summed E-state index contributed by atoms with van der Waals surface area (Å²) in [6, 6.07) is 14.4. The monoisotopic (exact) mass is 370 g/mol. The fraction of sp³-hybridized carbons (Fsp3) is 0.381. The van der Waals surface area contributed by atoms with Gasteiger partial charge in [0, 0.05) is 6.07 Å². The van der Waals surface area contributed by atoms with Gasteiger partial charge in [-0.25, -0.2) is 0 Å². The fourth-order valence-corrected chi connectivity index (χ4v) is 3.99. The van der Waals surface area contributed by atoms with Gasteiger partial charge < -0.3 is 20.1 Å². The first-order valence-corrected chi connectivity index (χ1v) is 9.35. The summed E-state index contributed by atoms with van der Waals surface area (Å²) in [7, 11) is 3.28. The van der Waals surface area contributed by atoms with Crippen molar-refractivity contribution in [3.05, 3.63) is 53.6 Å². The van der Waals surface area contributed by atoms with Crippen LogP contribution in [0.3, 0.4) is 0 Å². The maximum absolute atomic E-state index is 5.64. The fourth-order valence-electron chi connectivity index (χ4n) is 3.68. The molecule has 5 heteroatoms. The van der Waals surface area contributed by atoms with Crippen molar-refractivity contribution in [1.29, 1.82) is 0 Å². The molecule has 2 N–H and O–H groups in total. The SMILES string of the molecule is COc1ccc(NC(=S)NC2(c3cccc(C)c3)CCCC2)c(OC)c1. The molecule has 0 atom stereocenters. The Morgan fingerprint density at radius 1 is 1.04 bits per heavy atom. The number of thiocarbonyl (C=S) groups is 1. The Morgan fingerprint density at radius 3 is 2.46 bits per heavy atom. The summed E-state index contributed by atoms with van der Waals surface area (Å²) >= 11 is 5.64. The number of nitrogens with one attached hydrogen (secondary N) is 2. The smallest absolute Gasteiger partial charge is 0.171 e. The Kier molecular flexibility index (Phi) is 5.67. The van der Waals surface area contributed by atoms with Crippen LogP contribution in [0, 0.1) is 6.92 Å². The van der Waals surface area contributed by atoms with E-state index in [0.29, 0.717) is 10.9 Å². The van der Waals surface area contributed by atoms with Crippen molar-refractivity contribution in [2.75, 3.05) is 19.5 Å². The second kappa shape index (κ2) is 7.96. The van der Waals surface area contributed by atoms with Crippen molar-refractivity contribution in [2.45, 2.75) is 38.1 Å². The van der Waals surface area contributed by atoms with Crippen molar-refractivity contribution in [2.24, 2.45) is 0 Å². The van der Waals surface area contributed by atoms with Gasteiger partial charge in [-0.3, -0.25) is 0 Å². The van der Waals surface area contributed by atoms with Crippen LogP contribution in [0.5, 0.6) is 11.5 Å². The summed E-state index contributed by atoms with van der Waals surface area (Å²) in [5.74, 6) is 1.45. The number of rotatable bonds is 5. The molecule has 0 saturated heterocycles. The number of aryl methyl sites for hydroxylation is 1. The Labute approximate surface area is 160 Å². The lowest BCUT2D eigenvalue weighted by atomic mass is 9.87.